The summed E-state index contributed by atoms with van der Waals surface area (Å²) in [6.07, 6.45) is 5.76. The quantitative estimate of drug-likeness (QED) is 0.748. The van der Waals surface area contributed by atoms with Gasteiger partial charge >= 0.3 is 0 Å². The Labute approximate surface area is 149 Å². The molecule has 0 aliphatic carbocycles. The molecule has 1 aromatic carbocycles. The van der Waals surface area contributed by atoms with Crippen LogP contribution in [-0.2, 0) is 6.54 Å². The molecular formula is C18H18F2N6. The Hall–Kier alpha value is -2.87. The summed E-state index contributed by atoms with van der Waals surface area (Å²) in [6, 6.07) is 3.39. The van der Waals surface area contributed by atoms with Crippen molar-refractivity contribution in [3.05, 3.63) is 54.1 Å². The highest BCUT2D eigenvalue weighted by Crippen LogP contribution is 2.29. The lowest BCUT2D eigenvalue weighted by molar-refractivity contribution is 0.564. The summed E-state index contributed by atoms with van der Waals surface area (Å²) < 4.78 is 29.0. The second kappa shape index (κ2) is 7.17. The average Bonchev–Trinajstić information content (AvgIpc) is 2.68. The number of nitrogens with zero attached hydrogens (tertiary/aromatic N) is 4. The van der Waals surface area contributed by atoms with Gasteiger partial charge in [0, 0.05) is 50.7 Å². The van der Waals surface area contributed by atoms with Gasteiger partial charge in [-0.2, -0.15) is 0 Å². The number of aromatic nitrogens is 3. The molecule has 4 rings (SSSR count). The van der Waals surface area contributed by atoms with Crippen LogP contribution in [0.15, 0.2) is 36.9 Å². The maximum Gasteiger partial charge on any atom is 0.166 e. The average molecular weight is 356 g/mol. The van der Waals surface area contributed by atoms with Gasteiger partial charge in [0.15, 0.2) is 11.6 Å². The Bertz CT molecular complexity index is 927. The zero-order chi connectivity index (χ0) is 17.9. The van der Waals surface area contributed by atoms with Gasteiger partial charge in [-0.25, -0.2) is 13.8 Å². The maximum atomic E-state index is 14.7. The van der Waals surface area contributed by atoms with Gasteiger partial charge in [-0.3, -0.25) is 9.97 Å². The van der Waals surface area contributed by atoms with Crippen molar-refractivity contribution in [3.63, 3.8) is 0 Å². The van der Waals surface area contributed by atoms with Crippen molar-refractivity contribution < 1.29 is 8.78 Å². The standard InChI is InChI=1S/C18H18F2N6/c19-13-10-22-11-15(18(13)26-7-5-21-6-8-26)25-9-12-1-2-14-17(16(12)20)24-4-3-23-14/h1-4,10-11,21,25H,5-9H2. The zero-order valence-corrected chi connectivity index (χ0v) is 14.0. The van der Waals surface area contributed by atoms with E-state index in [0.29, 0.717) is 35.5 Å². The smallest absolute Gasteiger partial charge is 0.166 e. The molecule has 1 aliphatic rings. The van der Waals surface area contributed by atoms with E-state index in [1.54, 1.807) is 18.3 Å². The molecule has 0 amide bonds. The van der Waals surface area contributed by atoms with E-state index in [9.17, 15) is 8.78 Å². The molecule has 3 heterocycles. The molecular weight excluding hydrogens is 338 g/mol. The van der Waals surface area contributed by atoms with Gasteiger partial charge < -0.3 is 15.5 Å². The predicted molar refractivity (Wildman–Crippen MR) is 96.1 cm³/mol. The van der Waals surface area contributed by atoms with Gasteiger partial charge in [0.05, 0.1) is 29.3 Å². The van der Waals surface area contributed by atoms with E-state index in [1.807, 2.05) is 4.90 Å². The van der Waals surface area contributed by atoms with Crippen LogP contribution in [0, 0.1) is 11.6 Å². The highest BCUT2D eigenvalue weighted by atomic mass is 19.1. The van der Waals surface area contributed by atoms with Crippen molar-refractivity contribution in [2.45, 2.75) is 6.54 Å². The molecule has 6 nitrogen and oxygen atoms in total. The molecule has 2 aromatic heterocycles. The molecule has 134 valence electrons. The normalized spacial score (nSPS) is 14.6. The fraction of sp³-hybridized carbons (Fsp3) is 0.278. The van der Waals surface area contributed by atoms with Crippen molar-refractivity contribution in [1.82, 2.24) is 20.3 Å². The molecule has 2 N–H and O–H groups in total. The second-order valence-electron chi connectivity index (χ2n) is 6.07. The summed E-state index contributed by atoms with van der Waals surface area (Å²) >= 11 is 0. The third-order valence-electron chi connectivity index (χ3n) is 4.43. The topological polar surface area (TPSA) is 66.0 Å². The van der Waals surface area contributed by atoms with E-state index in [4.69, 9.17) is 0 Å². The van der Waals surface area contributed by atoms with Crippen molar-refractivity contribution in [3.8, 4) is 0 Å². The lowest BCUT2D eigenvalue weighted by atomic mass is 10.1. The van der Waals surface area contributed by atoms with Crippen LogP contribution in [0.1, 0.15) is 5.56 Å². The van der Waals surface area contributed by atoms with Gasteiger partial charge in [0.2, 0.25) is 0 Å². The molecule has 1 fully saturated rings. The predicted octanol–water partition coefficient (Wildman–Crippen LogP) is 2.32. The lowest BCUT2D eigenvalue weighted by Crippen LogP contribution is -2.44. The molecule has 0 atom stereocenters. The van der Waals surface area contributed by atoms with Crippen molar-refractivity contribution in [2.24, 2.45) is 0 Å². The Balaban J connectivity index is 1.60. The van der Waals surface area contributed by atoms with Crippen molar-refractivity contribution in [2.75, 3.05) is 36.4 Å². The summed E-state index contributed by atoms with van der Waals surface area (Å²) in [4.78, 5) is 14.0. The molecule has 0 radical (unpaired) electrons. The van der Waals surface area contributed by atoms with Crippen LogP contribution in [0.5, 0.6) is 0 Å². The second-order valence-corrected chi connectivity index (χ2v) is 6.07. The van der Waals surface area contributed by atoms with Gasteiger partial charge in [0.25, 0.3) is 0 Å². The Kier molecular flexibility index (Phi) is 4.57. The van der Waals surface area contributed by atoms with Crippen LogP contribution in [0.25, 0.3) is 11.0 Å². The van der Waals surface area contributed by atoms with Crippen molar-refractivity contribution in [1.29, 1.82) is 0 Å². The number of fused-ring (bicyclic) bond motifs is 1. The van der Waals surface area contributed by atoms with Crippen LogP contribution in [0.4, 0.5) is 20.2 Å². The summed E-state index contributed by atoms with van der Waals surface area (Å²) in [6.45, 7) is 3.19. The minimum Gasteiger partial charge on any atom is -0.378 e. The molecule has 3 aromatic rings. The first kappa shape index (κ1) is 16.6. The van der Waals surface area contributed by atoms with E-state index in [1.165, 1.54) is 18.6 Å². The largest absolute Gasteiger partial charge is 0.378 e. The molecule has 0 bridgehead atoms. The minimum atomic E-state index is -0.420. The molecule has 1 saturated heterocycles. The van der Waals surface area contributed by atoms with Crippen LogP contribution in [0.3, 0.4) is 0 Å². The number of hydrogen-bond acceptors (Lipinski definition) is 6. The van der Waals surface area contributed by atoms with E-state index in [0.717, 1.165) is 13.1 Å². The maximum absolute atomic E-state index is 14.7. The number of anilines is 2. The first-order valence-corrected chi connectivity index (χ1v) is 8.45. The molecule has 8 heteroatoms. The lowest BCUT2D eigenvalue weighted by Gasteiger charge is -2.31. The number of rotatable bonds is 4. The fourth-order valence-electron chi connectivity index (χ4n) is 3.14. The Morgan fingerprint density at radius 2 is 1.88 bits per heavy atom. The van der Waals surface area contributed by atoms with Crippen LogP contribution < -0.4 is 15.5 Å². The van der Waals surface area contributed by atoms with Crippen LogP contribution >= 0.6 is 0 Å². The number of pyridine rings is 1. The number of piperazine rings is 1. The van der Waals surface area contributed by atoms with Gasteiger partial charge in [-0.15, -0.1) is 0 Å². The van der Waals surface area contributed by atoms with Gasteiger partial charge in [0.1, 0.15) is 5.52 Å². The first-order valence-electron chi connectivity index (χ1n) is 8.45. The summed E-state index contributed by atoms with van der Waals surface area (Å²) in [5, 5.41) is 6.36. The summed E-state index contributed by atoms with van der Waals surface area (Å²) in [5.41, 5.74) is 2.19. The molecule has 0 saturated carbocycles. The zero-order valence-electron chi connectivity index (χ0n) is 14.0. The number of halogens is 2. The summed E-state index contributed by atoms with van der Waals surface area (Å²) in [5.74, 6) is -0.807. The Morgan fingerprint density at radius 3 is 2.73 bits per heavy atom. The molecule has 0 spiro atoms. The fourth-order valence-corrected chi connectivity index (χ4v) is 3.14. The molecule has 0 unspecified atom stereocenters. The van der Waals surface area contributed by atoms with Gasteiger partial charge in [-0.1, -0.05) is 6.07 Å². The number of hydrogen-bond donors (Lipinski definition) is 2. The van der Waals surface area contributed by atoms with Crippen LogP contribution in [0.2, 0.25) is 0 Å². The molecule has 1 aliphatic heterocycles. The van der Waals surface area contributed by atoms with Crippen molar-refractivity contribution >= 4 is 22.4 Å². The first-order chi connectivity index (χ1) is 12.7. The summed E-state index contributed by atoms with van der Waals surface area (Å²) in [7, 11) is 0. The highest BCUT2D eigenvalue weighted by molar-refractivity contribution is 5.76. The van der Waals surface area contributed by atoms with Gasteiger partial charge in [-0.05, 0) is 6.07 Å². The number of nitrogens with one attached hydrogen (secondary N) is 2. The Morgan fingerprint density at radius 1 is 1.08 bits per heavy atom. The molecule has 26 heavy (non-hydrogen) atoms. The monoisotopic (exact) mass is 356 g/mol. The minimum absolute atomic E-state index is 0.197. The van der Waals surface area contributed by atoms with E-state index in [-0.39, 0.29) is 17.9 Å². The number of benzene rings is 1. The third-order valence-corrected chi connectivity index (χ3v) is 4.43. The van der Waals surface area contributed by atoms with E-state index < -0.39 is 5.82 Å². The van der Waals surface area contributed by atoms with E-state index >= 15 is 0 Å². The SMILES string of the molecule is Fc1cncc(NCc2ccc3nccnc3c2F)c1N1CCNCC1. The van der Waals surface area contributed by atoms with E-state index in [2.05, 4.69) is 25.6 Å². The van der Waals surface area contributed by atoms with Crippen LogP contribution in [-0.4, -0.2) is 41.1 Å². The highest BCUT2D eigenvalue weighted by Gasteiger charge is 2.19. The third kappa shape index (κ3) is 3.15.